The van der Waals surface area contributed by atoms with Gasteiger partial charge in [0.1, 0.15) is 16.1 Å². The molecule has 36 heavy (non-hydrogen) atoms. The number of hydrogen-bond acceptors (Lipinski definition) is 4. The monoisotopic (exact) mass is 530 g/mol. The lowest BCUT2D eigenvalue weighted by atomic mass is 9.52. The zero-order valence-electron chi connectivity index (χ0n) is 24.7. The number of hydrogen-bond donors (Lipinski definition) is 1. The Bertz CT molecular complexity index is 949. The number of esters is 1. The van der Waals surface area contributed by atoms with Crippen LogP contribution in [0.1, 0.15) is 81.6 Å². The normalized spacial score (nSPS) is 32.5. The number of carbonyl (C=O) groups is 1. The van der Waals surface area contributed by atoms with Crippen LogP contribution >= 0.6 is 0 Å². The van der Waals surface area contributed by atoms with Crippen molar-refractivity contribution >= 4 is 22.1 Å². The van der Waals surface area contributed by atoms with Crippen LogP contribution in [0, 0.1) is 39.7 Å². The standard InChI is InChI=1S/C30H50O4Si2/c1-21(2)36(22(3)4,23(5)6)17-12-13-24-26-29(19-33-24)15-14-25(31)30(26,27(32)34-20-29)16-18-35(10,11)28(7,8)9/h21-26,31H,13-15,19-20H2,1-11H3/t24-,25+,26-,29-,30+/m1/s1. The second-order valence-electron chi connectivity index (χ2n) is 14.2. The molecule has 0 unspecified atom stereocenters. The van der Waals surface area contributed by atoms with E-state index in [0.29, 0.717) is 42.7 Å². The molecule has 2 aliphatic heterocycles. The van der Waals surface area contributed by atoms with Crippen LogP contribution in [0.3, 0.4) is 0 Å². The Balaban J connectivity index is 2.06. The zero-order valence-corrected chi connectivity index (χ0v) is 26.7. The van der Waals surface area contributed by atoms with E-state index in [1.54, 1.807) is 0 Å². The minimum atomic E-state index is -2.01. The summed E-state index contributed by atoms with van der Waals surface area (Å²) in [4.78, 5) is 13.5. The average molecular weight is 531 g/mol. The van der Waals surface area contributed by atoms with Gasteiger partial charge in [-0.15, -0.1) is 17.0 Å². The highest BCUT2D eigenvalue weighted by molar-refractivity contribution is 6.90. The molecular formula is C30H50O4Si2. The molecule has 3 aliphatic rings. The van der Waals surface area contributed by atoms with Crippen molar-refractivity contribution in [3.05, 3.63) is 0 Å². The van der Waals surface area contributed by atoms with Crippen LogP contribution in [-0.2, 0) is 14.3 Å². The lowest BCUT2D eigenvalue weighted by molar-refractivity contribution is -0.200. The molecule has 2 bridgehead atoms. The third-order valence-corrected chi connectivity index (χ3v) is 21.1. The topological polar surface area (TPSA) is 55.8 Å². The summed E-state index contributed by atoms with van der Waals surface area (Å²) in [6, 6.07) is 0. The lowest BCUT2D eigenvalue weighted by Gasteiger charge is -2.53. The molecule has 1 saturated carbocycles. The molecule has 3 fully saturated rings. The summed E-state index contributed by atoms with van der Waals surface area (Å²) in [6.07, 6.45) is 0.878. The summed E-state index contributed by atoms with van der Waals surface area (Å²) in [5.74, 6) is 6.48. The molecule has 2 saturated heterocycles. The molecule has 1 N–H and O–H groups in total. The Kier molecular flexibility index (Phi) is 8.13. The molecule has 0 amide bonds. The number of ether oxygens (including phenoxy) is 2. The Morgan fingerprint density at radius 2 is 1.61 bits per heavy atom. The van der Waals surface area contributed by atoms with Gasteiger partial charge < -0.3 is 14.6 Å². The largest absolute Gasteiger partial charge is 0.464 e. The van der Waals surface area contributed by atoms with Gasteiger partial charge in [0.25, 0.3) is 0 Å². The Hall–Kier alpha value is -1.06. The molecule has 2 heterocycles. The predicted molar refractivity (Wildman–Crippen MR) is 153 cm³/mol. The van der Waals surface area contributed by atoms with E-state index in [4.69, 9.17) is 9.47 Å². The van der Waals surface area contributed by atoms with Gasteiger partial charge in [-0.25, -0.2) is 0 Å². The molecule has 202 valence electrons. The van der Waals surface area contributed by atoms with Crippen molar-refractivity contribution in [2.24, 2.45) is 16.7 Å². The number of aliphatic hydroxyl groups excluding tert-OH is 1. The quantitative estimate of drug-likeness (QED) is 0.261. The SMILES string of the molecule is CC(C)[Si](C#CC[C@H]1OC[C@]23CC[C@H](O)[C@](C#C[Si](C)(C)C(C)(C)C)(C(=O)OC2)[C@H]13)(C(C)C)C(C)C. The maximum absolute atomic E-state index is 13.5. The van der Waals surface area contributed by atoms with Gasteiger partial charge in [0, 0.05) is 17.8 Å². The van der Waals surface area contributed by atoms with Crippen LogP contribution < -0.4 is 0 Å². The highest BCUT2D eigenvalue weighted by Gasteiger charge is 2.70. The van der Waals surface area contributed by atoms with Crippen LogP contribution in [0.15, 0.2) is 0 Å². The third-order valence-electron chi connectivity index (χ3n) is 10.3. The fourth-order valence-electron chi connectivity index (χ4n) is 7.09. The Morgan fingerprint density at radius 1 is 1.03 bits per heavy atom. The van der Waals surface area contributed by atoms with Crippen LogP contribution in [0.5, 0.6) is 0 Å². The second-order valence-corrected chi connectivity index (χ2v) is 24.8. The van der Waals surface area contributed by atoms with Crippen LogP contribution in [0.4, 0.5) is 0 Å². The number of aliphatic hydroxyl groups is 1. The number of cyclic esters (lactones) is 1. The summed E-state index contributed by atoms with van der Waals surface area (Å²) < 4.78 is 12.2. The average Bonchev–Trinajstić information content (AvgIpc) is 3.13. The Labute approximate surface area is 222 Å². The third kappa shape index (κ3) is 4.55. The van der Waals surface area contributed by atoms with Gasteiger partial charge in [-0.1, -0.05) is 81.3 Å². The van der Waals surface area contributed by atoms with E-state index in [9.17, 15) is 9.90 Å². The van der Waals surface area contributed by atoms with E-state index >= 15 is 0 Å². The van der Waals surface area contributed by atoms with Gasteiger partial charge in [0.05, 0.1) is 25.4 Å². The van der Waals surface area contributed by atoms with E-state index in [1.165, 1.54) is 0 Å². The molecule has 0 aromatic carbocycles. The molecule has 6 heteroatoms. The minimum absolute atomic E-state index is 0.0570. The van der Waals surface area contributed by atoms with Gasteiger partial charge >= 0.3 is 5.97 Å². The summed E-state index contributed by atoms with van der Waals surface area (Å²) in [7, 11) is -3.87. The molecule has 3 rings (SSSR count). The molecule has 0 aromatic heterocycles. The van der Waals surface area contributed by atoms with Crippen molar-refractivity contribution < 1.29 is 19.4 Å². The predicted octanol–water partition coefficient (Wildman–Crippen LogP) is 6.35. The molecule has 0 radical (unpaired) electrons. The van der Waals surface area contributed by atoms with E-state index in [2.05, 4.69) is 98.3 Å². The van der Waals surface area contributed by atoms with Crippen molar-refractivity contribution in [2.45, 2.75) is 129 Å². The Morgan fingerprint density at radius 3 is 2.14 bits per heavy atom. The molecule has 0 aromatic rings. The summed E-state index contributed by atoms with van der Waals surface area (Å²) in [5.41, 5.74) is 7.60. The van der Waals surface area contributed by atoms with Gasteiger partial charge in [-0.2, -0.15) is 0 Å². The lowest BCUT2D eigenvalue weighted by Crippen LogP contribution is -2.64. The van der Waals surface area contributed by atoms with Gasteiger partial charge in [-0.3, -0.25) is 4.79 Å². The first kappa shape index (κ1) is 29.5. The fourth-order valence-corrected chi connectivity index (χ4v) is 13.3. The van der Waals surface area contributed by atoms with E-state index in [0.717, 1.165) is 6.42 Å². The van der Waals surface area contributed by atoms with Crippen LogP contribution in [-0.4, -0.2) is 52.6 Å². The summed E-state index contributed by atoms with van der Waals surface area (Å²) in [5, 5.41) is 11.5. The van der Waals surface area contributed by atoms with Gasteiger partial charge in [-0.05, 0) is 34.5 Å². The number of rotatable bonds is 4. The second kappa shape index (κ2) is 9.92. The zero-order chi connectivity index (χ0) is 27.3. The first-order valence-electron chi connectivity index (χ1n) is 14.0. The maximum Gasteiger partial charge on any atom is 0.327 e. The summed E-state index contributed by atoms with van der Waals surface area (Å²) in [6.45, 7) is 26.0. The molecule has 0 spiro atoms. The number of carbonyl (C=O) groups excluding carboxylic acids is 1. The van der Waals surface area contributed by atoms with Gasteiger partial charge in [0.15, 0.2) is 5.41 Å². The van der Waals surface area contributed by atoms with Crippen molar-refractivity contribution in [3.8, 4) is 22.9 Å². The van der Waals surface area contributed by atoms with E-state index in [1.807, 2.05) is 0 Å². The van der Waals surface area contributed by atoms with Crippen molar-refractivity contribution in [2.75, 3.05) is 13.2 Å². The first-order chi connectivity index (χ1) is 16.5. The highest BCUT2D eigenvalue weighted by atomic mass is 28.3. The van der Waals surface area contributed by atoms with Crippen molar-refractivity contribution in [1.29, 1.82) is 0 Å². The molecule has 4 nitrogen and oxygen atoms in total. The first-order valence-corrected chi connectivity index (χ1v) is 19.2. The smallest absolute Gasteiger partial charge is 0.327 e. The van der Waals surface area contributed by atoms with Gasteiger partial charge in [0.2, 0.25) is 0 Å². The maximum atomic E-state index is 13.5. The van der Waals surface area contributed by atoms with E-state index in [-0.39, 0.29) is 28.4 Å². The molecule has 1 aliphatic carbocycles. The molecule has 5 atom stereocenters. The van der Waals surface area contributed by atoms with Crippen molar-refractivity contribution in [3.63, 3.8) is 0 Å². The van der Waals surface area contributed by atoms with E-state index < -0.39 is 27.7 Å². The minimum Gasteiger partial charge on any atom is -0.464 e. The van der Waals surface area contributed by atoms with Crippen LogP contribution in [0.2, 0.25) is 34.8 Å². The molecular weight excluding hydrogens is 480 g/mol. The summed E-state index contributed by atoms with van der Waals surface area (Å²) >= 11 is 0. The van der Waals surface area contributed by atoms with Crippen molar-refractivity contribution in [1.82, 2.24) is 0 Å². The fraction of sp³-hybridized carbons (Fsp3) is 0.833. The van der Waals surface area contributed by atoms with Crippen LogP contribution in [0.25, 0.3) is 0 Å². The highest BCUT2D eigenvalue weighted by Crippen LogP contribution is 2.61.